The summed E-state index contributed by atoms with van der Waals surface area (Å²) < 4.78 is 45.6. The van der Waals surface area contributed by atoms with E-state index in [2.05, 4.69) is 5.10 Å². The maximum Gasteiger partial charge on any atom is 0.432 e. The third kappa shape index (κ3) is 4.42. The number of nitrogens with zero attached hydrogens (tertiary/aromatic N) is 2. The molecule has 1 heterocycles. The maximum atomic E-state index is 13.5. The van der Waals surface area contributed by atoms with E-state index in [-0.39, 0.29) is 23.0 Å². The Morgan fingerprint density at radius 1 is 1.11 bits per heavy atom. The van der Waals surface area contributed by atoms with Gasteiger partial charge in [0.15, 0.2) is 5.71 Å². The second kappa shape index (κ2) is 8.01. The summed E-state index contributed by atoms with van der Waals surface area (Å²) in [6.45, 7) is -0.0898. The van der Waals surface area contributed by atoms with Crippen LogP contribution < -0.4 is 4.74 Å². The highest BCUT2D eigenvalue weighted by atomic mass is 35.5. The van der Waals surface area contributed by atoms with Gasteiger partial charge in [-0.15, -0.1) is 0 Å². The number of ether oxygens (including phenoxy) is 1. The first-order chi connectivity index (χ1) is 13.2. The van der Waals surface area contributed by atoms with Gasteiger partial charge in [0.2, 0.25) is 0 Å². The van der Waals surface area contributed by atoms with Gasteiger partial charge in [0.25, 0.3) is 5.91 Å². The lowest BCUT2D eigenvalue weighted by molar-refractivity contribution is -0.132. The predicted octanol–water partition coefficient (Wildman–Crippen LogP) is 5.12. The Hall–Kier alpha value is -2.25. The zero-order valence-electron chi connectivity index (χ0n) is 14.6. The standard InChI is InChI=1S/C19H15Cl2F3N2O2/c1-28-13-4-2-3-12(7-13)10-26-18(27)14(17(25-26)19(22,23)24)8-11-5-6-15(20)16(21)9-11/h2-7,9,14H,8,10H2,1H3. The second-order valence-corrected chi connectivity index (χ2v) is 7.05. The van der Waals surface area contributed by atoms with Crippen LogP contribution in [0.5, 0.6) is 5.75 Å². The third-order valence-corrected chi connectivity index (χ3v) is 5.03. The number of halogens is 5. The lowest BCUT2D eigenvalue weighted by Crippen LogP contribution is -2.34. The number of amides is 1. The summed E-state index contributed by atoms with van der Waals surface area (Å²) in [5, 5.41) is 4.93. The maximum absolute atomic E-state index is 13.5. The monoisotopic (exact) mass is 430 g/mol. The van der Waals surface area contributed by atoms with Crippen LogP contribution in [0, 0.1) is 5.92 Å². The fourth-order valence-electron chi connectivity index (χ4n) is 2.94. The van der Waals surface area contributed by atoms with Crippen molar-refractivity contribution in [2.24, 2.45) is 11.0 Å². The van der Waals surface area contributed by atoms with Crippen molar-refractivity contribution in [3.05, 3.63) is 63.6 Å². The summed E-state index contributed by atoms with van der Waals surface area (Å²) >= 11 is 11.8. The van der Waals surface area contributed by atoms with Gasteiger partial charge in [-0.2, -0.15) is 18.3 Å². The fourth-order valence-corrected chi connectivity index (χ4v) is 3.26. The van der Waals surface area contributed by atoms with Crippen molar-refractivity contribution < 1.29 is 22.7 Å². The van der Waals surface area contributed by atoms with Gasteiger partial charge in [0.05, 0.1) is 29.6 Å². The van der Waals surface area contributed by atoms with Crippen LogP contribution in [-0.2, 0) is 17.8 Å². The smallest absolute Gasteiger partial charge is 0.432 e. The highest BCUT2D eigenvalue weighted by Gasteiger charge is 2.49. The molecule has 0 aromatic heterocycles. The lowest BCUT2D eigenvalue weighted by Gasteiger charge is -2.16. The van der Waals surface area contributed by atoms with Gasteiger partial charge in [-0.1, -0.05) is 41.4 Å². The van der Waals surface area contributed by atoms with Crippen molar-refractivity contribution in [1.82, 2.24) is 5.01 Å². The van der Waals surface area contributed by atoms with Crippen LogP contribution in [0.4, 0.5) is 13.2 Å². The zero-order chi connectivity index (χ0) is 20.5. The highest BCUT2D eigenvalue weighted by Crippen LogP contribution is 2.33. The number of hydrogen-bond donors (Lipinski definition) is 0. The Labute approximate surface area is 169 Å². The van der Waals surface area contributed by atoms with Gasteiger partial charge < -0.3 is 4.74 Å². The Morgan fingerprint density at radius 2 is 1.86 bits per heavy atom. The van der Waals surface area contributed by atoms with Crippen molar-refractivity contribution >= 4 is 34.8 Å². The fraction of sp³-hybridized carbons (Fsp3) is 0.263. The first-order valence-corrected chi connectivity index (χ1v) is 8.98. The molecule has 148 valence electrons. The molecule has 0 aliphatic carbocycles. The van der Waals surface area contributed by atoms with Crippen LogP contribution in [0.2, 0.25) is 10.0 Å². The quantitative estimate of drug-likeness (QED) is 0.660. The number of methoxy groups -OCH3 is 1. The Bertz CT molecular complexity index is 932. The number of rotatable bonds is 5. The van der Waals surface area contributed by atoms with E-state index in [9.17, 15) is 18.0 Å². The molecule has 0 bridgehead atoms. The van der Waals surface area contributed by atoms with E-state index < -0.39 is 23.7 Å². The molecule has 2 aromatic rings. The summed E-state index contributed by atoms with van der Waals surface area (Å²) in [6, 6.07) is 11.2. The normalized spacial score (nSPS) is 17.1. The topological polar surface area (TPSA) is 41.9 Å². The zero-order valence-corrected chi connectivity index (χ0v) is 16.1. The van der Waals surface area contributed by atoms with Crippen LogP contribution in [0.15, 0.2) is 47.6 Å². The Balaban J connectivity index is 1.86. The lowest BCUT2D eigenvalue weighted by atomic mass is 9.94. The Morgan fingerprint density at radius 3 is 2.50 bits per heavy atom. The largest absolute Gasteiger partial charge is 0.497 e. The molecule has 4 nitrogen and oxygen atoms in total. The van der Waals surface area contributed by atoms with Gasteiger partial charge >= 0.3 is 6.18 Å². The average Bonchev–Trinajstić information content (AvgIpc) is 2.95. The van der Waals surface area contributed by atoms with E-state index in [4.69, 9.17) is 27.9 Å². The molecular formula is C19H15Cl2F3N2O2. The molecule has 0 spiro atoms. The van der Waals surface area contributed by atoms with Gasteiger partial charge in [0.1, 0.15) is 5.75 Å². The summed E-state index contributed by atoms with van der Waals surface area (Å²) in [7, 11) is 1.48. The van der Waals surface area contributed by atoms with Crippen LogP contribution in [-0.4, -0.2) is 29.9 Å². The van der Waals surface area contributed by atoms with E-state index in [0.29, 0.717) is 16.9 Å². The highest BCUT2D eigenvalue weighted by molar-refractivity contribution is 6.42. The molecule has 2 aromatic carbocycles. The van der Waals surface area contributed by atoms with Crippen molar-refractivity contribution in [3.8, 4) is 5.75 Å². The third-order valence-electron chi connectivity index (χ3n) is 4.29. The van der Waals surface area contributed by atoms with Gasteiger partial charge in [-0.3, -0.25) is 4.79 Å². The van der Waals surface area contributed by atoms with Gasteiger partial charge in [-0.25, -0.2) is 5.01 Å². The molecule has 1 atom stereocenters. The first-order valence-electron chi connectivity index (χ1n) is 8.23. The summed E-state index contributed by atoms with van der Waals surface area (Å²) in [5.74, 6) is -1.62. The molecule has 9 heteroatoms. The van der Waals surface area contributed by atoms with Crippen molar-refractivity contribution in [3.63, 3.8) is 0 Å². The van der Waals surface area contributed by atoms with Crippen LogP contribution >= 0.6 is 23.2 Å². The number of hydrazone groups is 1. The predicted molar refractivity (Wildman–Crippen MR) is 101 cm³/mol. The first kappa shape index (κ1) is 20.5. The molecule has 1 aliphatic rings. The second-order valence-electron chi connectivity index (χ2n) is 6.24. The number of carbonyl (C=O) groups excluding carboxylic acids is 1. The van der Waals surface area contributed by atoms with Crippen molar-refractivity contribution in [1.29, 1.82) is 0 Å². The van der Waals surface area contributed by atoms with Gasteiger partial charge in [0, 0.05) is 0 Å². The number of alkyl halides is 3. The molecule has 1 amide bonds. The van der Waals surface area contributed by atoms with E-state index in [1.54, 1.807) is 30.3 Å². The summed E-state index contributed by atoms with van der Waals surface area (Å²) in [5.41, 5.74) is -0.0486. The van der Waals surface area contributed by atoms with E-state index in [1.165, 1.54) is 19.2 Å². The summed E-state index contributed by atoms with van der Waals surface area (Å²) in [6.07, 6.45) is -4.90. The van der Waals surface area contributed by atoms with Crippen LogP contribution in [0.3, 0.4) is 0 Å². The molecule has 0 radical (unpaired) electrons. The van der Waals surface area contributed by atoms with Gasteiger partial charge in [-0.05, 0) is 41.8 Å². The van der Waals surface area contributed by atoms with Crippen molar-refractivity contribution in [2.75, 3.05) is 7.11 Å². The summed E-state index contributed by atoms with van der Waals surface area (Å²) in [4.78, 5) is 12.7. The molecule has 0 saturated heterocycles. The molecule has 3 rings (SSSR count). The molecule has 28 heavy (non-hydrogen) atoms. The van der Waals surface area contributed by atoms with Crippen LogP contribution in [0.25, 0.3) is 0 Å². The Kier molecular flexibility index (Phi) is 5.86. The minimum atomic E-state index is -4.72. The van der Waals surface area contributed by atoms with E-state index >= 15 is 0 Å². The molecule has 0 fully saturated rings. The SMILES string of the molecule is COc1cccc(CN2N=C(C(F)(F)F)C(Cc3ccc(Cl)c(Cl)c3)C2=O)c1. The van der Waals surface area contributed by atoms with E-state index in [0.717, 1.165) is 5.01 Å². The average molecular weight is 431 g/mol. The molecule has 0 N–H and O–H groups in total. The minimum Gasteiger partial charge on any atom is -0.497 e. The van der Waals surface area contributed by atoms with E-state index in [1.807, 2.05) is 0 Å². The number of benzene rings is 2. The van der Waals surface area contributed by atoms with Crippen molar-refractivity contribution in [2.45, 2.75) is 19.1 Å². The number of hydrogen-bond acceptors (Lipinski definition) is 3. The molecular weight excluding hydrogens is 416 g/mol. The minimum absolute atomic E-state index is 0.0898. The molecule has 0 saturated carbocycles. The number of carbonyl (C=O) groups is 1. The molecule has 1 unspecified atom stereocenters. The molecule has 1 aliphatic heterocycles. The van der Waals surface area contributed by atoms with Crippen LogP contribution in [0.1, 0.15) is 11.1 Å².